The van der Waals surface area contributed by atoms with Gasteiger partial charge in [0.2, 0.25) is 5.91 Å². The summed E-state index contributed by atoms with van der Waals surface area (Å²) in [6, 6.07) is 4.03. The number of aryl methyl sites for hydroxylation is 1. The molecule has 1 aliphatic rings. The summed E-state index contributed by atoms with van der Waals surface area (Å²) in [5.41, 5.74) is 0.994. The van der Waals surface area contributed by atoms with Crippen molar-refractivity contribution in [1.82, 2.24) is 15.1 Å². The third kappa shape index (κ3) is 4.42. The molecule has 122 valence electrons. The molecule has 1 N–H and O–H groups in total. The molecule has 7 heteroatoms. The van der Waals surface area contributed by atoms with Crippen molar-refractivity contribution < 1.29 is 14.0 Å². The van der Waals surface area contributed by atoms with Crippen molar-refractivity contribution in [2.75, 3.05) is 39.8 Å². The van der Waals surface area contributed by atoms with E-state index in [2.05, 4.69) is 5.32 Å². The second kappa shape index (κ2) is 8.10. The molecule has 1 aromatic carbocycles. The number of carbonyl (C=O) groups excluding carboxylic acids is 2. The number of amides is 2. The average Bonchev–Trinajstić information content (AvgIpc) is 2.47. The topological polar surface area (TPSA) is 52.7 Å². The first kappa shape index (κ1) is 18.4. The monoisotopic (exact) mass is 329 g/mol. The van der Waals surface area contributed by atoms with Crippen LogP contribution in [-0.4, -0.2) is 61.4 Å². The zero-order chi connectivity index (χ0) is 15.4. The molecule has 0 aliphatic carbocycles. The first-order chi connectivity index (χ1) is 9.99. The number of carbonyl (C=O) groups is 2. The first-order valence-electron chi connectivity index (χ1n) is 6.99. The summed E-state index contributed by atoms with van der Waals surface area (Å²) in [7, 11) is 1.59. The zero-order valence-electron chi connectivity index (χ0n) is 12.8. The van der Waals surface area contributed by atoms with E-state index in [0.717, 1.165) is 13.1 Å². The van der Waals surface area contributed by atoms with E-state index in [1.807, 2.05) is 0 Å². The fourth-order valence-electron chi connectivity index (χ4n) is 2.36. The van der Waals surface area contributed by atoms with E-state index in [0.29, 0.717) is 24.2 Å². The second-order valence-electron chi connectivity index (χ2n) is 5.25. The van der Waals surface area contributed by atoms with Crippen molar-refractivity contribution in [3.8, 4) is 0 Å². The Hall–Kier alpha value is -1.66. The van der Waals surface area contributed by atoms with E-state index in [1.165, 1.54) is 23.1 Å². The molecule has 0 radical (unpaired) electrons. The third-order valence-corrected chi connectivity index (χ3v) is 3.61. The van der Waals surface area contributed by atoms with Crippen LogP contribution in [0.15, 0.2) is 18.2 Å². The molecular weight excluding hydrogens is 309 g/mol. The normalized spacial score (nSPS) is 14.2. The van der Waals surface area contributed by atoms with Gasteiger partial charge in [-0.3, -0.25) is 9.59 Å². The van der Waals surface area contributed by atoms with Gasteiger partial charge in [0.1, 0.15) is 5.82 Å². The number of likely N-dealkylation sites (N-methyl/N-ethyl adjacent to an activating group) is 1. The molecule has 5 nitrogen and oxygen atoms in total. The van der Waals surface area contributed by atoms with E-state index in [4.69, 9.17) is 0 Å². The van der Waals surface area contributed by atoms with E-state index in [-0.39, 0.29) is 36.6 Å². The van der Waals surface area contributed by atoms with Crippen molar-refractivity contribution in [1.29, 1.82) is 0 Å². The maximum atomic E-state index is 13.1. The van der Waals surface area contributed by atoms with Crippen LogP contribution >= 0.6 is 12.4 Å². The smallest absolute Gasteiger partial charge is 0.254 e. The van der Waals surface area contributed by atoms with Gasteiger partial charge in [-0.1, -0.05) is 0 Å². The molecule has 2 rings (SSSR count). The van der Waals surface area contributed by atoms with Gasteiger partial charge >= 0.3 is 0 Å². The van der Waals surface area contributed by atoms with Gasteiger partial charge in [-0.25, -0.2) is 4.39 Å². The van der Waals surface area contributed by atoms with Crippen LogP contribution in [0.4, 0.5) is 4.39 Å². The van der Waals surface area contributed by atoms with Crippen molar-refractivity contribution in [2.45, 2.75) is 6.92 Å². The molecule has 1 aromatic rings. The molecule has 1 saturated heterocycles. The van der Waals surface area contributed by atoms with Gasteiger partial charge in [-0.2, -0.15) is 0 Å². The van der Waals surface area contributed by atoms with Crippen LogP contribution in [0.3, 0.4) is 0 Å². The van der Waals surface area contributed by atoms with Gasteiger partial charge in [0.25, 0.3) is 5.91 Å². The maximum Gasteiger partial charge on any atom is 0.254 e. The lowest BCUT2D eigenvalue weighted by Gasteiger charge is -2.29. The maximum absolute atomic E-state index is 13.1. The van der Waals surface area contributed by atoms with Crippen molar-refractivity contribution in [3.05, 3.63) is 35.1 Å². The Morgan fingerprint density at radius 1 is 1.32 bits per heavy atom. The summed E-state index contributed by atoms with van der Waals surface area (Å²) < 4.78 is 13.1. The number of rotatable bonds is 3. The largest absolute Gasteiger partial charge is 0.339 e. The highest BCUT2D eigenvalue weighted by Gasteiger charge is 2.21. The second-order valence-corrected chi connectivity index (χ2v) is 5.25. The van der Waals surface area contributed by atoms with Crippen molar-refractivity contribution >= 4 is 24.2 Å². The Labute approximate surface area is 135 Å². The predicted molar refractivity (Wildman–Crippen MR) is 84.8 cm³/mol. The summed E-state index contributed by atoms with van der Waals surface area (Å²) in [6.07, 6.45) is 0. The summed E-state index contributed by atoms with van der Waals surface area (Å²) in [5, 5.41) is 3.17. The number of benzene rings is 1. The summed E-state index contributed by atoms with van der Waals surface area (Å²) in [5.74, 6) is -0.702. The van der Waals surface area contributed by atoms with Crippen LogP contribution in [-0.2, 0) is 4.79 Å². The Morgan fingerprint density at radius 2 is 1.95 bits per heavy atom. The lowest BCUT2D eigenvalue weighted by Crippen LogP contribution is -2.49. The van der Waals surface area contributed by atoms with Crippen LogP contribution in [0.5, 0.6) is 0 Å². The van der Waals surface area contributed by atoms with Gasteiger partial charge in [0.05, 0.1) is 6.54 Å². The number of hydrogen-bond acceptors (Lipinski definition) is 3. The van der Waals surface area contributed by atoms with Crippen molar-refractivity contribution in [2.24, 2.45) is 0 Å². The Balaban J connectivity index is 0.00000242. The highest BCUT2D eigenvalue weighted by molar-refractivity contribution is 5.97. The van der Waals surface area contributed by atoms with E-state index in [1.54, 1.807) is 18.9 Å². The van der Waals surface area contributed by atoms with E-state index < -0.39 is 0 Å². The fourth-order valence-corrected chi connectivity index (χ4v) is 2.36. The quantitative estimate of drug-likeness (QED) is 0.902. The van der Waals surface area contributed by atoms with Gasteiger partial charge in [-0.15, -0.1) is 12.4 Å². The predicted octanol–water partition coefficient (Wildman–Crippen LogP) is 1.06. The van der Waals surface area contributed by atoms with E-state index in [9.17, 15) is 14.0 Å². The molecule has 0 unspecified atom stereocenters. The van der Waals surface area contributed by atoms with Crippen LogP contribution in [0.25, 0.3) is 0 Å². The van der Waals surface area contributed by atoms with E-state index >= 15 is 0 Å². The lowest BCUT2D eigenvalue weighted by atomic mass is 10.1. The summed E-state index contributed by atoms with van der Waals surface area (Å²) in [6.45, 7) is 4.60. The Morgan fingerprint density at radius 3 is 2.55 bits per heavy atom. The molecule has 1 fully saturated rings. The van der Waals surface area contributed by atoms with Gasteiger partial charge in [0, 0.05) is 38.8 Å². The molecule has 0 atom stereocenters. The highest BCUT2D eigenvalue weighted by Crippen LogP contribution is 2.12. The van der Waals surface area contributed by atoms with Crippen LogP contribution in [0.1, 0.15) is 15.9 Å². The number of nitrogens with zero attached hydrogens (tertiary/aromatic N) is 2. The Kier molecular flexibility index (Phi) is 6.77. The molecule has 1 aliphatic heterocycles. The fraction of sp³-hybridized carbons (Fsp3) is 0.467. The van der Waals surface area contributed by atoms with Crippen LogP contribution in [0.2, 0.25) is 0 Å². The zero-order valence-corrected chi connectivity index (χ0v) is 13.6. The molecule has 0 bridgehead atoms. The Bertz CT molecular complexity index is 548. The van der Waals surface area contributed by atoms with Crippen LogP contribution in [0, 0.1) is 12.7 Å². The average molecular weight is 330 g/mol. The summed E-state index contributed by atoms with van der Waals surface area (Å²) in [4.78, 5) is 27.6. The molecule has 2 amide bonds. The molecule has 0 saturated carbocycles. The minimum absolute atomic E-state index is 0. The molecule has 0 aromatic heterocycles. The first-order valence-corrected chi connectivity index (χ1v) is 6.99. The molecular formula is C15H21ClFN3O2. The molecule has 1 heterocycles. The minimum atomic E-state index is -0.372. The summed E-state index contributed by atoms with van der Waals surface area (Å²) >= 11 is 0. The standard InChI is InChI=1S/C15H20FN3O2.ClH/c1-11-9-12(16)3-4-13(11)15(21)18(2)10-14(20)19-7-5-17-6-8-19;/h3-4,9,17H,5-8,10H2,1-2H3;1H. The number of piperazine rings is 1. The van der Waals surface area contributed by atoms with Crippen molar-refractivity contribution in [3.63, 3.8) is 0 Å². The highest BCUT2D eigenvalue weighted by atomic mass is 35.5. The number of nitrogens with one attached hydrogen (secondary N) is 1. The molecule has 0 spiro atoms. The number of hydrogen-bond donors (Lipinski definition) is 1. The number of halogens is 2. The van der Waals surface area contributed by atoms with Crippen LogP contribution < -0.4 is 5.32 Å². The van der Waals surface area contributed by atoms with Gasteiger partial charge in [0.15, 0.2) is 0 Å². The van der Waals surface area contributed by atoms with Gasteiger partial charge < -0.3 is 15.1 Å². The van der Waals surface area contributed by atoms with Gasteiger partial charge in [-0.05, 0) is 30.7 Å². The SMILES string of the molecule is Cc1cc(F)ccc1C(=O)N(C)CC(=O)N1CCNCC1.Cl. The molecule has 22 heavy (non-hydrogen) atoms. The minimum Gasteiger partial charge on any atom is -0.339 e. The lowest BCUT2D eigenvalue weighted by molar-refractivity contribution is -0.132. The third-order valence-electron chi connectivity index (χ3n) is 3.61.